The molecule has 0 aliphatic carbocycles. The molecule has 2 rings (SSSR count). The molecule has 0 N–H and O–H groups in total. The molecule has 0 radical (unpaired) electrons. The van der Waals surface area contributed by atoms with E-state index in [-0.39, 0.29) is 7.53 Å². The summed E-state index contributed by atoms with van der Waals surface area (Å²) < 4.78 is 0. The second kappa shape index (κ2) is 3.63. The molecule has 1 atom stereocenters. The van der Waals surface area contributed by atoms with Crippen molar-refractivity contribution in [1.29, 1.82) is 0 Å². The molecule has 1 unspecified atom stereocenters. The predicted octanol–water partition coefficient (Wildman–Crippen LogP) is 4.59. The largest absolute Gasteiger partial charge is 0.0899 e. The summed E-state index contributed by atoms with van der Waals surface area (Å²) in [5, 5.41) is 3.03. The highest BCUT2D eigenvalue weighted by atomic mass is 31.1. The molecule has 0 nitrogen and oxygen atoms in total. The minimum absolute atomic E-state index is 0.163. The topological polar surface area (TPSA) is 0 Å². The van der Waals surface area contributed by atoms with Gasteiger partial charge in [0.05, 0.1) is 0 Å². The monoisotopic (exact) mass is 202 g/mol. The molecule has 0 saturated carbocycles. The summed E-state index contributed by atoms with van der Waals surface area (Å²) >= 11 is 0. The van der Waals surface area contributed by atoms with E-state index in [9.17, 15) is 0 Å². The molecule has 0 aliphatic heterocycles. The van der Waals surface area contributed by atoms with Crippen molar-refractivity contribution in [3.63, 3.8) is 0 Å². The van der Waals surface area contributed by atoms with Crippen LogP contribution in [-0.4, -0.2) is 0 Å². The summed E-state index contributed by atoms with van der Waals surface area (Å²) in [5.74, 6) is 2.43. The molecule has 0 bridgehead atoms. The van der Waals surface area contributed by atoms with Crippen molar-refractivity contribution in [1.82, 2.24) is 0 Å². The van der Waals surface area contributed by atoms with Crippen LogP contribution in [0.4, 0.5) is 0 Å². The zero-order chi connectivity index (χ0) is 10.1. The Labute approximate surface area is 86.7 Å². The van der Waals surface area contributed by atoms with Crippen molar-refractivity contribution in [2.24, 2.45) is 0 Å². The molecular formula is C13H15P. The molecule has 72 valence electrons. The van der Waals surface area contributed by atoms with Crippen LogP contribution in [0.2, 0.25) is 0 Å². The summed E-state index contributed by atoms with van der Waals surface area (Å²) in [4.78, 5) is 0. The Morgan fingerprint density at radius 1 is 0.929 bits per heavy atom. The normalized spacial score (nSPS) is 11.8. The van der Waals surface area contributed by atoms with Crippen LogP contribution in [0.25, 0.3) is 5.30 Å². The molecule has 0 amide bonds. The number of hydrogen-bond acceptors (Lipinski definition) is 0. The van der Waals surface area contributed by atoms with Gasteiger partial charge < -0.3 is 0 Å². The fourth-order valence-corrected chi connectivity index (χ4v) is 4.05. The van der Waals surface area contributed by atoms with E-state index in [2.05, 4.69) is 56.9 Å². The lowest BCUT2D eigenvalue weighted by atomic mass is 10.2. The number of benzene rings is 1. The lowest BCUT2D eigenvalue weighted by Crippen LogP contribution is -1.72. The van der Waals surface area contributed by atoms with E-state index in [1.807, 2.05) is 0 Å². The second-order valence-electron chi connectivity index (χ2n) is 3.73. The quantitative estimate of drug-likeness (QED) is 0.634. The van der Waals surface area contributed by atoms with Gasteiger partial charge >= 0.3 is 0 Å². The van der Waals surface area contributed by atoms with Crippen LogP contribution in [0.5, 0.6) is 0 Å². The van der Waals surface area contributed by atoms with Crippen molar-refractivity contribution in [3.8, 4) is 5.30 Å². The molecule has 14 heavy (non-hydrogen) atoms. The van der Waals surface area contributed by atoms with Crippen LogP contribution in [0.1, 0.15) is 16.4 Å². The van der Waals surface area contributed by atoms with Crippen LogP contribution < -0.4 is 0 Å². The van der Waals surface area contributed by atoms with Crippen LogP contribution in [0.15, 0.2) is 36.1 Å². The molecule has 1 heteroatoms. The van der Waals surface area contributed by atoms with Gasteiger partial charge in [-0.1, -0.05) is 37.9 Å². The highest BCUT2D eigenvalue weighted by Gasteiger charge is 2.07. The Hall–Kier alpha value is -1.00. The maximum absolute atomic E-state index is 2.43. The first-order valence-electron chi connectivity index (χ1n) is 4.90. The highest BCUT2D eigenvalue weighted by Crippen LogP contribution is 2.46. The summed E-state index contributed by atoms with van der Waals surface area (Å²) in [6.07, 6.45) is 0. The van der Waals surface area contributed by atoms with E-state index >= 15 is 0 Å². The van der Waals surface area contributed by atoms with Gasteiger partial charge in [-0.25, -0.2) is 0 Å². The van der Waals surface area contributed by atoms with Gasteiger partial charge in [-0.15, -0.1) is 0 Å². The van der Waals surface area contributed by atoms with Crippen molar-refractivity contribution < 1.29 is 0 Å². The Morgan fingerprint density at radius 2 is 1.57 bits per heavy atom. The highest BCUT2D eigenvalue weighted by molar-refractivity contribution is 7.57. The zero-order valence-electron chi connectivity index (χ0n) is 8.91. The molecule has 1 aromatic carbocycles. The third-order valence-corrected chi connectivity index (χ3v) is 5.41. The number of rotatable bonds is 1. The molecule has 1 aromatic heterocycles. The van der Waals surface area contributed by atoms with Crippen LogP contribution in [0.3, 0.4) is 0 Å². The molecule has 0 fully saturated rings. The van der Waals surface area contributed by atoms with Gasteiger partial charge in [0.2, 0.25) is 0 Å². The van der Waals surface area contributed by atoms with Crippen molar-refractivity contribution in [2.75, 3.05) is 0 Å². The summed E-state index contributed by atoms with van der Waals surface area (Å²) in [7, 11) is -0.163. The number of hydrogen-bond donors (Lipinski definition) is 0. The van der Waals surface area contributed by atoms with Crippen molar-refractivity contribution in [3.05, 3.63) is 52.6 Å². The second-order valence-corrected chi connectivity index (χ2v) is 5.91. The Morgan fingerprint density at radius 3 is 2.07 bits per heavy atom. The van der Waals surface area contributed by atoms with Gasteiger partial charge in [0, 0.05) is 0 Å². The van der Waals surface area contributed by atoms with Crippen molar-refractivity contribution in [2.45, 2.75) is 20.8 Å². The fourth-order valence-electron chi connectivity index (χ4n) is 1.71. The third-order valence-electron chi connectivity index (χ3n) is 2.85. The first-order valence-corrected chi connectivity index (χ1v) is 6.32. The molecular weight excluding hydrogens is 187 g/mol. The van der Waals surface area contributed by atoms with Gasteiger partial charge in [-0.2, -0.15) is 0 Å². The lowest BCUT2D eigenvalue weighted by Gasteiger charge is -2.01. The first-order chi connectivity index (χ1) is 6.70. The predicted molar refractivity (Wildman–Crippen MR) is 64.7 cm³/mol. The Bertz CT molecular complexity index is 438. The standard InChI is InChI=1S/C13H15P/c1-10-9-14(12(3)11(10)2)13-7-5-4-6-8-13/h4-9H,1-3H3. The minimum atomic E-state index is -0.163. The molecule has 2 aromatic rings. The maximum atomic E-state index is 2.43. The van der Waals surface area contributed by atoms with Gasteiger partial charge in [-0.05, 0) is 48.3 Å². The summed E-state index contributed by atoms with van der Waals surface area (Å²) in [6.45, 7) is 6.71. The lowest BCUT2D eigenvalue weighted by molar-refractivity contribution is 1.35. The van der Waals surface area contributed by atoms with Crippen molar-refractivity contribution >= 4 is 7.53 Å². The van der Waals surface area contributed by atoms with Gasteiger partial charge in [0.1, 0.15) is 0 Å². The van der Waals surface area contributed by atoms with E-state index in [0.717, 1.165) is 0 Å². The van der Waals surface area contributed by atoms with Crippen LogP contribution in [0, 0.1) is 20.8 Å². The van der Waals surface area contributed by atoms with E-state index < -0.39 is 0 Å². The summed E-state index contributed by atoms with van der Waals surface area (Å²) in [6, 6.07) is 10.8. The van der Waals surface area contributed by atoms with Crippen LogP contribution in [-0.2, 0) is 0 Å². The van der Waals surface area contributed by atoms with E-state index in [1.54, 1.807) is 5.30 Å². The summed E-state index contributed by atoms with van der Waals surface area (Å²) in [5.41, 5.74) is 2.94. The van der Waals surface area contributed by atoms with E-state index in [4.69, 9.17) is 0 Å². The number of aryl methyl sites for hydroxylation is 1. The molecule has 1 heterocycles. The van der Waals surface area contributed by atoms with Crippen LogP contribution >= 0.6 is 7.53 Å². The van der Waals surface area contributed by atoms with E-state index in [1.165, 1.54) is 16.4 Å². The molecule has 0 aliphatic rings. The van der Waals surface area contributed by atoms with Gasteiger partial charge in [0.15, 0.2) is 0 Å². The smallest absolute Gasteiger partial charge is 0.00193 e. The first kappa shape index (κ1) is 9.55. The SMILES string of the molecule is Cc1cp(-c2ccccc2)c(C)c1C. The Kier molecular flexibility index (Phi) is 2.48. The zero-order valence-corrected chi connectivity index (χ0v) is 9.81. The maximum Gasteiger partial charge on any atom is -0.00193 e. The Balaban J connectivity index is 2.58. The average Bonchev–Trinajstić information content (AvgIpc) is 2.47. The average molecular weight is 202 g/mol. The minimum Gasteiger partial charge on any atom is -0.0899 e. The third kappa shape index (κ3) is 1.51. The van der Waals surface area contributed by atoms with E-state index in [0.29, 0.717) is 0 Å². The molecule has 0 saturated heterocycles. The van der Waals surface area contributed by atoms with Gasteiger partial charge in [0.25, 0.3) is 0 Å². The molecule has 0 spiro atoms. The fraction of sp³-hybridized carbons (Fsp3) is 0.231. The van der Waals surface area contributed by atoms with Gasteiger partial charge in [-0.3, -0.25) is 0 Å².